The highest BCUT2D eigenvalue weighted by Crippen LogP contribution is 2.27. The minimum absolute atomic E-state index is 0.0536. The number of nitrogens with one attached hydrogen (secondary N) is 1. The smallest absolute Gasteiger partial charge is 0.233 e. The molecule has 0 saturated heterocycles. The number of para-hydroxylation sites is 1. The molecule has 2 heterocycles. The standard InChI is InChI=1S/C21H21N5OS/c1-13(15-9-5-4-6-10-15)22-20(27)14(2)28-21-23-19-18(24-25-21)16-11-7-8-12-17(16)26(19)3/h4-14H,1-3H3,(H,22,27). The molecule has 0 radical (unpaired) electrons. The van der Waals surface area contributed by atoms with Gasteiger partial charge in [-0.05, 0) is 25.5 Å². The molecule has 2 aromatic heterocycles. The van der Waals surface area contributed by atoms with Crippen LogP contribution in [0.4, 0.5) is 0 Å². The molecular formula is C21H21N5OS. The summed E-state index contributed by atoms with van der Waals surface area (Å²) in [6.45, 7) is 3.83. The highest BCUT2D eigenvalue weighted by Gasteiger charge is 2.20. The number of carbonyl (C=O) groups excluding carboxylic acids is 1. The summed E-state index contributed by atoms with van der Waals surface area (Å²) in [5.74, 6) is -0.0536. The Morgan fingerprint density at radius 2 is 1.75 bits per heavy atom. The topological polar surface area (TPSA) is 72.7 Å². The first kappa shape index (κ1) is 18.4. The van der Waals surface area contributed by atoms with Crippen LogP contribution in [0.3, 0.4) is 0 Å². The van der Waals surface area contributed by atoms with Gasteiger partial charge in [0.05, 0.1) is 16.8 Å². The van der Waals surface area contributed by atoms with Crippen LogP contribution in [0.25, 0.3) is 22.1 Å². The monoisotopic (exact) mass is 391 g/mol. The van der Waals surface area contributed by atoms with Crippen LogP contribution < -0.4 is 5.32 Å². The Labute approximate surface area is 167 Å². The van der Waals surface area contributed by atoms with Crippen molar-refractivity contribution in [2.75, 3.05) is 0 Å². The van der Waals surface area contributed by atoms with Crippen LogP contribution in [0.5, 0.6) is 0 Å². The van der Waals surface area contributed by atoms with Crippen molar-refractivity contribution in [3.63, 3.8) is 0 Å². The van der Waals surface area contributed by atoms with E-state index in [1.807, 2.05) is 80.1 Å². The molecule has 2 aromatic carbocycles. The maximum absolute atomic E-state index is 12.6. The quantitative estimate of drug-likeness (QED) is 0.523. The van der Waals surface area contributed by atoms with Crippen LogP contribution in [0.2, 0.25) is 0 Å². The molecule has 1 N–H and O–H groups in total. The molecule has 6 nitrogen and oxygen atoms in total. The number of aromatic nitrogens is 4. The second kappa shape index (κ2) is 7.59. The lowest BCUT2D eigenvalue weighted by molar-refractivity contribution is -0.120. The van der Waals surface area contributed by atoms with E-state index < -0.39 is 0 Å². The molecule has 1 amide bonds. The van der Waals surface area contributed by atoms with Crippen LogP contribution in [0.1, 0.15) is 25.5 Å². The van der Waals surface area contributed by atoms with Crippen molar-refractivity contribution in [2.45, 2.75) is 30.3 Å². The summed E-state index contributed by atoms with van der Waals surface area (Å²) in [4.78, 5) is 17.2. The van der Waals surface area contributed by atoms with Crippen molar-refractivity contribution in [2.24, 2.45) is 7.05 Å². The summed E-state index contributed by atoms with van der Waals surface area (Å²) in [6, 6.07) is 17.9. The third-order valence-corrected chi connectivity index (χ3v) is 5.75. The molecule has 2 unspecified atom stereocenters. The van der Waals surface area contributed by atoms with Gasteiger partial charge in [0.2, 0.25) is 11.1 Å². The largest absolute Gasteiger partial charge is 0.349 e. The van der Waals surface area contributed by atoms with Gasteiger partial charge in [0.25, 0.3) is 0 Å². The number of rotatable bonds is 5. The number of amides is 1. The Morgan fingerprint density at radius 3 is 2.54 bits per heavy atom. The molecule has 142 valence electrons. The Hall–Kier alpha value is -2.93. The van der Waals surface area contributed by atoms with E-state index in [1.165, 1.54) is 11.8 Å². The minimum atomic E-state index is -0.333. The highest BCUT2D eigenvalue weighted by molar-refractivity contribution is 8.00. The first-order valence-corrected chi connectivity index (χ1v) is 10.0. The van der Waals surface area contributed by atoms with Gasteiger partial charge >= 0.3 is 0 Å². The number of carbonyl (C=O) groups is 1. The molecule has 7 heteroatoms. The second-order valence-corrected chi connectivity index (χ2v) is 8.05. The van der Waals surface area contributed by atoms with Crippen LogP contribution in [-0.2, 0) is 11.8 Å². The zero-order chi connectivity index (χ0) is 19.7. The van der Waals surface area contributed by atoms with Gasteiger partial charge in [-0.15, -0.1) is 10.2 Å². The fourth-order valence-electron chi connectivity index (χ4n) is 3.21. The zero-order valence-electron chi connectivity index (χ0n) is 16.0. The summed E-state index contributed by atoms with van der Waals surface area (Å²) in [7, 11) is 1.96. The van der Waals surface area contributed by atoms with Crippen LogP contribution in [0.15, 0.2) is 59.8 Å². The van der Waals surface area contributed by atoms with Crippen molar-refractivity contribution in [3.05, 3.63) is 60.2 Å². The average Bonchev–Trinajstić information content (AvgIpc) is 3.01. The van der Waals surface area contributed by atoms with Crippen molar-refractivity contribution < 1.29 is 4.79 Å². The molecule has 4 aromatic rings. The van der Waals surface area contributed by atoms with E-state index in [0.29, 0.717) is 5.16 Å². The molecule has 0 spiro atoms. The first-order chi connectivity index (χ1) is 13.5. The summed E-state index contributed by atoms with van der Waals surface area (Å²) in [6.07, 6.45) is 0. The Bertz CT molecular complexity index is 1140. The molecule has 0 bridgehead atoms. The van der Waals surface area contributed by atoms with Crippen molar-refractivity contribution in [1.29, 1.82) is 0 Å². The Morgan fingerprint density at radius 1 is 1.04 bits per heavy atom. The van der Waals surface area contributed by atoms with Gasteiger partial charge in [-0.25, -0.2) is 4.98 Å². The van der Waals surface area contributed by atoms with E-state index in [9.17, 15) is 4.79 Å². The predicted molar refractivity (Wildman–Crippen MR) is 112 cm³/mol. The molecule has 28 heavy (non-hydrogen) atoms. The fraction of sp³-hybridized carbons (Fsp3) is 0.238. The zero-order valence-corrected chi connectivity index (χ0v) is 16.8. The third-order valence-electron chi connectivity index (χ3n) is 4.80. The van der Waals surface area contributed by atoms with Gasteiger partial charge in [0.1, 0.15) is 5.52 Å². The minimum Gasteiger partial charge on any atom is -0.349 e. The maximum atomic E-state index is 12.6. The number of fused-ring (bicyclic) bond motifs is 3. The van der Waals surface area contributed by atoms with Gasteiger partial charge in [-0.2, -0.15) is 0 Å². The average molecular weight is 392 g/mol. The van der Waals surface area contributed by atoms with Gasteiger partial charge < -0.3 is 9.88 Å². The molecular weight excluding hydrogens is 370 g/mol. The first-order valence-electron chi connectivity index (χ1n) is 9.14. The van der Waals surface area contributed by atoms with E-state index in [0.717, 1.165) is 27.6 Å². The number of hydrogen-bond acceptors (Lipinski definition) is 5. The lowest BCUT2D eigenvalue weighted by Gasteiger charge is -2.17. The summed E-state index contributed by atoms with van der Waals surface area (Å²) in [5, 5.41) is 12.8. The van der Waals surface area contributed by atoms with Gasteiger partial charge in [-0.1, -0.05) is 60.3 Å². The second-order valence-electron chi connectivity index (χ2n) is 6.74. The summed E-state index contributed by atoms with van der Waals surface area (Å²) in [5.41, 5.74) is 3.67. The van der Waals surface area contributed by atoms with Gasteiger partial charge in [-0.3, -0.25) is 4.79 Å². The van der Waals surface area contributed by atoms with Gasteiger partial charge in [0.15, 0.2) is 5.65 Å². The number of thioether (sulfide) groups is 1. The van der Waals surface area contributed by atoms with Crippen molar-refractivity contribution in [1.82, 2.24) is 25.1 Å². The molecule has 0 aliphatic rings. The van der Waals surface area contributed by atoms with Crippen molar-refractivity contribution >= 4 is 39.7 Å². The molecule has 0 saturated carbocycles. The highest BCUT2D eigenvalue weighted by atomic mass is 32.2. The fourth-order valence-corrected chi connectivity index (χ4v) is 3.93. The van der Waals surface area contributed by atoms with Crippen LogP contribution in [0, 0.1) is 0 Å². The van der Waals surface area contributed by atoms with E-state index in [-0.39, 0.29) is 17.2 Å². The molecule has 0 fully saturated rings. The SMILES string of the molecule is CC(Sc1nnc2c3ccccc3n(C)c2n1)C(=O)NC(C)c1ccccc1. The Kier molecular flexibility index (Phi) is 5.00. The van der Waals surface area contributed by atoms with Crippen molar-refractivity contribution in [3.8, 4) is 0 Å². The predicted octanol–water partition coefficient (Wildman–Crippen LogP) is 3.87. The molecule has 0 aliphatic heterocycles. The lowest BCUT2D eigenvalue weighted by Crippen LogP contribution is -2.33. The molecule has 4 rings (SSSR count). The number of benzene rings is 2. The summed E-state index contributed by atoms with van der Waals surface area (Å²) < 4.78 is 2.01. The van der Waals surface area contributed by atoms with E-state index in [2.05, 4.69) is 20.5 Å². The third kappa shape index (κ3) is 3.45. The van der Waals surface area contributed by atoms with Crippen LogP contribution in [-0.4, -0.2) is 30.9 Å². The number of nitrogens with zero attached hydrogens (tertiary/aromatic N) is 4. The van der Waals surface area contributed by atoms with E-state index in [1.54, 1.807) is 0 Å². The normalized spacial score (nSPS) is 13.5. The summed E-state index contributed by atoms with van der Waals surface area (Å²) >= 11 is 1.31. The number of aryl methyl sites for hydroxylation is 1. The van der Waals surface area contributed by atoms with Crippen LogP contribution >= 0.6 is 11.8 Å². The van der Waals surface area contributed by atoms with E-state index in [4.69, 9.17) is 0 Å². The van der Waals surface area contributed by atoms with Gasteiger partial charge in [0, 0.05) is 12.4 Å². The van der Waals surface area contributed by atoms with E-state index >= 15 is 0 Å². The Balaban J connectivity index is 1.52. The lowest BCUT2D eigenvalue weighted by atomic mass is 10.1. The number of hydrogen-bond donors (Lipinski definition) is 1. The molecule has 0 aliphatic carbocycles. The maximum Gasteiger partial charge on any atom is 0.233 e. The molecule has 2 atom stereocenters.